The normalized spacial score (nSPS) is 14.4. The maximum atomic E-state index is 13.9. The van der Waals surface area contributed by atoms with Crippen molar-refractivity contribution in [3.05, 3.63) is 46.8 Å². The maximum Gasteiger partial charge on any atom is 0.409 e. The van der Waals surface area contributed by atoms with Crippen LogP contribution < -0.4 is 15.6 Å². The van der Waals surface area contributed by atoms with Gasteiger partial charge >= 0.3 is 6.18 Å². The van der Waals surface area contributed by atoms with Gasteiger partial charge in [0.15, 0.2) is 17.3 Å². The van der Waals surface area contributed by atoms with Gasteiger partial charge in [-0.1, -0.05) is 6.92 Å². The Hall–Kier alpha value is -3.88. The monoisotopic (exact) mass is 559 g/mol. The molecule has 0 aliphatic heterocycles. The van der Waals surface area contributed by atoms with Crippen molar-refractivity contribution >= 4 is 28.7 Å². The first-order valence-corrected chi connectivity index (χ1v) is 13.1. The fraction of sp³-hybridized carbons (Fsp3) is 0.417. The van der Waals surface area contributed by atoms with Gasteiger partial charge in [0.1, 0.15) is 29.3 Å². The van der Waals surface area contributed by atoms with Crippen molar-refractivity contribution in [3.8, 4) is 17.3 Å². The van der Waals surface area contributed by atoms with E-state index < -0.39 is 17.8 Å². The van der Waals surface area contributed by atoms with Gasteiger partial charge in [-0.15, -0.1) is 11.8 Å². The van der Waals surface area contributed by atoms with E-state index in [1.165, 1.54) is 19.6 Å². The molecule has 0 saturated heterocycles. The SMILES string of the molecule is CCSc1cnc(CNc2nc3cnc(-c4c(OC)ncnc4C4CC4)nc3n([C@@H](C)C(F)(F)F)c2=O)nc1. The average Bonchev–Trinajstić information content (AvgIpc) is 3.77. The Labute approximate surface area is 224 Å². The molecule has 4 aromatic rings. The van der Waals surface area contributed by atoms with Crippen LogP contribution >= 0.6 is 11.8 Å². The number of fused-ring (bicyclic) bond motifs is 1. The Morgan fingerprint density at radius 3 is 2.51 bits per heavy atom. The molecule has 0 unspecified atom stereocenters. The molecule has 1 fully saturated rings. The second-order valence-corrected chi connectivity index (χ2v) is 10.1. The molecule has 1 aliphatic rings. The predicted molar refractivity (Wildman–Crippen MR) is 138 cm³/mol. The molecule has 0 spiro atoms. The molecular weight excluding hydrogens is 535 g/mol. The van der Waals surface area contributed by atoms with Crippen molar-refractivity contribution in [2.75, 3.05) is 18.2 Å². The highest BCUT2D eigenvalue weighted by Crippen LogP contribution is 2.45. The van der Waals surface area contributed by atoms with Gasteiger partial charge in [0.2, 0.25) is 5.88 Å². The number of nitrogens with zero attached hydrogens (tertiary/aromatic N) is 8. The van der Waals surface area contributed by atoms with E-state index in [9.17, 15) is 18.0 Å². The Morgan fingerprint density at radius 1 is 1.13 bits per heavy atom. The first-order valence-electron chi connectivity index (χ1n) is 12.1. The van der Waals surface area contributed by atoms with Gasteiger partial charge < -0.3 is 10.1 Å². The van der Waals surface area contributed by atoms with Gasteiger partial charge in [0.25, 0.3) is 5.56 Å². The summed E-state index contributed by atoms with van der Waals surface area (Å²) in [5.74, 6) is 1.29. The third-order valence-electron chi connectivity index (χ3n) is 6.12. The Kier molecular flexibility index (Phi) is 7.34. The summed E-state index contributed by atoms with van der Waals surface area (Å²) in [7, 11) is 1.42. The number of nitrogens with one attached hydrogen (secondary N) is 1. The van der Waals surface area contributed by atoms with E-state index in [2.05, 4.69) is 40.2 Å². The minimum atomic E-state index is -4.73. The van der Waals surface area contributed by atoms with Crippen LogP contribution in [0.15, 0.2) is 34.6 Å². The molecule has 5 rings (SSSR count). The zero-order chi connectivity index (χ0) is 27.7. The number of ether oxygens (including phenoxy) is 1. The fourth-order valence-corrected chi connectivity index (χ4v) is 4.58. The molecule has 15 heteroatoms. The number of rotatable bonds is 9. The molecule has 1 saturated carbocycles. The van der Waals surface area contributed by atoms with Crippen molar-refractivity contribution in [1.82, 2.24) is 39.5 Å². The van der Waals surface area contributed by atoms with Crippen LogP contribution in [0.2, 0.25) is 0 Å². The van der Waals surface area contributed by atoms with Gasteiger partial charge in [0, 0.05) is 23.2 Å². The maximum absolute atomic E-state index is 13.9. The summed E-state index contributed by atoms with van der Waals surface area (Å²) < 4.78 is 47.8. The van der Waals surface area contributed by atoms with E-state index in [1.54, 1.807) is 24.2 Å². The first-order chi connectivity index (χ1) is 18.7. The van der Waals surface area contributed by atoms with Crippen molar-refractivity contribution < 1.29 is 17.9 Å². The molecule has 39 heavy (non-hydrogen) atoms. The zero-order valence-corrected chi connectivity index (χ0v) is 22.0. The van der Waals surface area contributed by atoms with E-state index in [1.807, 2.05) is 6.92 Å². The molecule has 4 aromatic heterocycles. The van der Waals surface area contributed by atoms with E-state index in [-0.39, 0.29) is 41.1 Å². The van der Waals surface area contributed by atoms with E-state index in [4.69, 9.17) is 4.74 Å². The summed E-state index contributed by atoms with van der Waals surface area (Å²) in [5, 5.41) is 2.78. The van der Waals surface area contributed by atoms with Gasteiger partial charge in [-0.3, -0.25) is 9.36 Å². The molecule has 0 radical (unpaired) electrons. The van der Waals surface area contributed by atoms with Crippen LogP contribution in [0, 0.1) is 0 Å². The summed E-state index contributed by atoms with van der Waals surface area (Å²) in [5.41, 5.74) is -0.240. The Morgan fingerprint density at radius 2 is 1.87 bits per heavy atom. The van der Waals surface area contributed by atoms with E-state index >= 15 is 0 Å². The topological polar surface area (TPSA) is 133 Å². The van der Waals surface area contributed by atoms with Crippen molar-refractivity contribution in [3.63, 3.8) is 0 Å². The summed E-state index contributed by atoms with van der Waals surface area (Å²) in [6.45, 7) is 2.87. The number of methoxy groups -OCH3 is 1. The lowest BCUT2D eigenvalue weighted by Crippen LogP contribution is -2.35. The second-order valence-electron chi connectivity index (χ2n) is 8.79. The third-order valence-corrected chi connectivity index (χ3v) is 6.96. The average molecular weight is 560 g/mol. The molecule has 1 N–H and O–H groups in total. The summed E-state index contributed by atoms with van der Waals surface area (Å²) in [6.07, 6.45) is 2.99. The minimum absolute atomic E-state index is 0.00338. The molecule has 1 aliphatic carbocycles. The predicted octanol–water partition coefficient (Wildman–Crippen LogP) is 4.17. The summed E-state index contributed by atoms with van der Waals surface area (Å²) >= 11 is 1.57. The quantitative estimate of drug-likeness (QED) is 0.296. The number of alkyl halides is 3. The summed E-state index contributed by atoms with van der Waals surface area (Å²) in [4.78, 5) is 44.2. The van der Waals surface area contributed by atoms with Gasteiger partial charge in [0.05, 0.1) is 25.5 Å². The van der Waals surface area contributed by atoms with Crippen LogP contribution in [-0.2, 0) is 6.54 Å². The van der Waals surface area contributed by atoms with Crippen LogP contribution in [0.5, 0.6) is 5.88 Å². The lowest BCUT2D eigenvalue weighted by Gasteiger charge is -2.21. The van der Waals surface area contributed by atoms with Crippen LogP contribution in [0.1, 0.15) is 50.2 Å². The molecule has 204 valence electrons. The zero-order valence-electron chi connectivity index (χ0n) is 21.2. The number of halogens is 3. The number of hydrogen-bond donors (Lipinski definition) is 1. The summed E-state index contributed by atoms with van der Waals surface area (Å²) in [6, 6.07) is -2.20. The van der Waals surface area contributed by atoms with Crippen molar-refractivity contribution in [2.45, 2.75) is 56.3 Å². The number of thioether (sulfide) groups is 1. The van der Waals surface area contributed by atoms with E-state index in [0.717, 1.165) is 30.4 Å². The minimum Gasteiger partial charge on any atom is -0.480 e. The molecule has 11 nitrogen and oxygen atoms in total. The highest BCUT2D eigenvalue weighted by molar-refractivity contribution is 7.99. The van der Waals surface area contributed by atoms with Crippen LogP contribution in [0.25, 0.3) is 22.6 Å². The molecule has 4 heterocycles. The highest BCUT2D eigenvalue weighted by Gasteiger charge is 2.40. The number of aromatic nitrogens is 8. The van der Waals surface area contributed by atoms with Gasteiger partial charge in [-0.05, 0) is 25.5 Å². The highest BCUT2D eigenvalue weighted by atomic mass is 32.2. The molecular formula is C24H24F3N9O2S. The molecule has 1 atom stereocenters. The molecule has 0 amide bonds. The molecule has 0 bridgehead atoms. The van der Waals surface area contributed by atoms with Gasteiger partial charge in [-0.2, -0.15) is 13.2 Å². The van der Waals surface area contributed by atoms with E-state index in [0.29, 0.717) is 21.6 Å². The Balaban J connectivity index is 1.60. The van der Waals surface area contributed by atoms with Crippen molar-refractivity contribution in [1.29, 1.82) is 0 Å². The van der Waals surface area contributed by atoms with Crippen LogP contribution in [0.4, 0.5) is 19.0 Å². The Bertz CT molecular complexity index is 1560. The second kappa shape index (κ2) is 10.7. The number of anilines is 1. The fourth-order valence-electron chi connectivity index (χ4n) is 3.99. The van der Waals surface area contributed by atoms with Crippen LogP contribution in [-0.4, -0.2) is 58.5 Å². The van der Waals surface area contributed by atoms with Crippen LogP contribution in [0.3, 0.4) is 0 Å². The largest absolute Gasteiger partial charge is 0.480 e. The first kappa shape index (κ1) is 26.7. The van der Waals surface area contributed by atoms with Crippen molar-refractivity contribution in [2.24, 2.45) is 0 Å². The lowest BCUT2D eigenvalue weighted by atomic mass is 10.1. The molecule has 0 aromatic carbocycles. The lowest BCUT2D eigenvalue weighted by molar-refractivity contribution is -0.162. The standard InChI is InChI=1S/C24H24F3N9O2S/c1-4-39-14-7-28-16(29-8-14)10-31-20-23(37)36(12(2)24(25,26)27)21-15(34-20)9-30-19(35-21)17-18(13-5-6-13)32-11-33-22(17)38-3/h7-9,11-13H,4-6,10H2,1-3H3,(H,31,34)/t12-/m0/s1. The third kappa shape index (κ3) is 5.48. The smallest absolute Gasteiger partial charge is 0.409 e. The number of hydrogen-bond acceptors (Lipinski definition) is 11. The van der Waals surface area contributed by atoms with Gasteiger partial charge in [-0.25, -0.2) is 34.9 Å².